The molecular weight excluding hydrogens is 324 g/mol. The fraction of sp³-hybridized carbons (Fsp3) is 0.250. The lowest BCUT2D eigenvalue weighted by Gasteiger charge is -2.12. The molecule has 0 amide bonds. The zero-order valence-corrected chi connectivity index (χ0v) is 13.3. The van der Waals surface area contributed by atoms with Crippen LogP contribution in [0.1, 0.15) is 21.5 Å². The van der Waals surface area contributed by atoms with Crippen molar-refractivity contribution >= 4 is 27.5 Å². The number of hydrogen-bond acceptors (Lipinski definition) is 1. The molecule has 0 saturated heterocycles. The summed E-state index contributed by atoms with van der Waals surface area (Å²) in [6, 6.07) is 14.5. The number of aryl methyl sites for hydroxylation is 1. The number of rotatable bonds is 4. The van der Waals surface area contributed by atoms with Gasteiger partial charge in [0, 0.05) is 4.83 Å². The second-order valence-electron chi connectivity index (χ2n) is 4.55. The van der Waals surface area contributed by atoms with Gasteiger partial charge < -0.3 is 4.74 Å². The van der Waals surface area contributed by atoms with Gasteiger partial charge in [-0.05, 0) is 36.6 Å². The van der Waals surface area contributed by atoms with Crippen LogP contribution in [0.25, 0.3) is 0 Å². The summed E-state index contributed by atoms with van der Waals surface area (Å²) in [5.74, 6) is 0.709. The Morgan fingerprint density at radius 3 is 2.63 bits per heavy atom. The first-order chi connectivity index (χ1) is 9.10. The van der Waals surface area contributed by atoms with E-state index < -0.39 is 0 Å². The summed E-state index contributed by atoms with van der Waals surface area (Å²) in [6.07, 6.45) is 0.935. The van der Waals surface area contributed by atoms with Crippen LogP contribution in [0.5, 0.6) is 5.75 Å². The van der Waals surface area contributed by atoms with Crippen LogP contribution in [0.3, 0.4) is 0 Å². The number of ether oxygens (including phenoxy) is 1. The minimum Gasteiger partial charge on any atom is -0.495 e. The highest BCUT2D eigenvalue weighted by Crippen LogP contribution is 2.33. The maximum atomic E-state index is 6.16. The van der Waals surface area contributed by atoms with Crippen molar-refractivity contribution in [2.45, 2.75) is 18.2 Å². The van der Waals surface area contributed by atoms with Crippen LogP contribution in [0.15, 0.2) is 42.5 Å². The molecule has 0 spiro atoms. The van der Waals surface area contributed by atoms with Crippen LogP contribution < -0.4 is 4.74 Å². The molecule has 0 radical (unpaired) electrons. The highest BCUT2D eigenvalue weighted by Gasteiger charge is 2.11. The zero-order valence-electron chi connectivity index (χ0n) is 11.0. The van der Waals surface area contributed by atoms with Gasteiger partial charge in [0.1, 0.15) is 5.75 Å². The Hall–Kier alpha value is -0.990. The van der Waals surface area contributed by atoms with Gasteiger partial charge in [0.2, 0.25) is 0 Å². The monoisotopic (exact) mass is 338 g/mol. The second kappa shape index (κ2) is 6.44. The van der Waals surface area contributed by atoms with Crippen molar-refractivity contribution in [3.05, 3.63) is 64.2 Å². The lowest BCUT2D eigenvalue weighted by Crippen LogP contribution is -1.96. The highest BCUT2D eigenvalue weighted by molar-refractivity contribution is 9.09. The van der Waals surface area contributed by atoms with Gasteiger partial charge in [0.15, 0.2) is 0 Å². The van der Waals surface area contributed by atoms with Crippen molar-refractivity contribution in [3.63, 3.8) is 0 Å². The van der Waals surface area contributed by atoms with Crippen LogP contribution in [-0.4, -0.2) is 7.11 Å². The molecule has 0 aliphatic carbocycles. The molecule has 0 aromatic heterocycles. The van der Waals surface area contributed by atoms with Gasteiger partial charge in [-0.25, -0.2) is 0 Å². The van der Waals surface area contributed by atoms with Gasteiger partial charge in [0.25, 0.3) is 0 Å². The molecule has 0 saturated carbocycles. The van der Waals surface area contributed by atoms with Crippen molar-refractivity contribution in [1.29, 1.82) is 0 Å². The minimum atomic E-state index is 0.248. The molecule has 100 valence electrons. The first-order valence-electron chi connectivity index (χ1n) is 6.13. The SMILES string of the molecule is COc1ccc(C(Br)Cc2cccc(C)c2)cc1Cl. The Morgan fingerprint density at radius 2 is 2.00 bits per heavy atom. The molecule has 19 heavy (non-hydrogen) atoms. The summed E-state index contributed by atoms with van der Waals surface area (Å²) < 4.78 is 5.17. The standard InChI is InChI=1S/C16H16BrClO/c1-11-4-3-5-12(8-11)9-14(17)13-6-7-16(19-2)15(18)10-13/h3-8,10,14H,9H2,1-2H3. The van der Waals surface area contributed by atoms with E-state index in [1.165, 1.54) is 11.1 Å². The molecule has 0 fully saturated rings. The Labute approximate surface area is 127 Å². The molecule has 2 aromatic carbocycles. The normalized spacial score (nSPS) is 12.2. The molecule has 2 aromatic rings. The van der Waals surface area contributed by atoms with Crippen LogP contribution in [0.2, 0.25) is 5.02 Å². The summed E-state index contributed by atoms with van der Waals surface area (Å²) >= 11 is 9.88. The molecule has 2 rings (SSSR count). The molecule has 0 N–H and O–H groups in total. The van der Waals surface area contributed by atoms with E-state index in [1.807, 2.05) is 18.2 Å². The smallest absolute Gasteiger partial charge is 0.137 e. The fourth-order valence-electron chi connectivity index (χ4n) is 2.04. The molecular formula is C16H16BrClO. The number of hydrogen-bond donors (Lipinski definition) is 0. The van der Waals surface area contributed by atoms with E-state index in [-0.39, 0.29) is 4.83 Å². The largest absolute Gasteiger partial charge is 0.495 e. The fourth-order valence-corrected chi connectivity index (χ4v) is 2.97. The van der Waals surface area contributed by atoms with E-state index in [2.05, 4.69) is 47.1 Å². The third-order valence-electron chi connectivity index (χ3n) is 3.03. The minimum absolute atomic E-state index is 0.248. The average molecular weight is 340 g/mol. The Bertz CT molecular complexity index is 568. The lowest BCUT2D eigenvalue weighted by atomic mass is 10.0. The van der Waals surface area contributed by atoms with E-state index in [9.17, 15) is 0 Å². The molecule has 1 atom stereocenters. The van der Waals surface area contributed by atoms with Crippen LogP contribution in [0, 0.1) is 6.92 Å². The molecule has 0 aliphatic heterocycles. The number of benzene rings is 2. The Kier molecular flexibility index (Phi) is 4.89. The van der Waals surface area contributed by atoms with Crippen molar-refractivity contribution < 1.29 is 4.74 Å². The number of alkyl halides is 1. The van der Waals surface area contributed by atoms with E-state index >= 15 is 0 Å². The summed E-state index contributed by atoms with van der Waals surface area (Å²) in [7, 11) is 1.62. The van der Waals surface area contributed by atoms with Crippen molar-refractivity contribution in [3.8, 4) is 5.75 Å². The zero-order chi connectivity index (χ0) is 13.8. The Balaban J connectivity index is 2.15. The summed E-state index contributed by atoms with van der Waals surface area (Å²) in [4.78, 5) is 0.248. The summed E-state index contributed by atoms with van der Waals surface area (Å²) in [6.45, 7) is 2.11. The van der Waals surface area contributed by atoms with Gasteiger partial charge in [0.05, 0.1) is 12.1 Å². The number of methoxy groups -OCH3 is 1. The third-order valence-corrected chi connectivity index (χ3v) is 4.18. The second-order valence-corrected chi connectivity index (χ2v) is 6.07. The molecule has 0 aliphatic rings. The van der Waals surface area contributed by atoms with Crippen molar-refractivity contribution in [2.75, 3.05) is 7.11 Å². The van der Waals surface area contributed by atoms with Gasteiger partial charge in [-0.2, -0.15) is 0 Å². The molecule has 3 heteroatoms. The predicted molar refractivity (Wildman–Crippen MR) is 84.6 cm³/mol. The molecule has 0 bridgehead atoms. The van der Waals surface area contributed by atoms with Gasteiger partial charge in [-0.3, -0.25) is 0 Å². The van der Waals surface area contributed by atoms with E-state index in [1.54, 1.807) is 7.11 Å². The van der Waals surface area contributed by atoms with Gasteiger partial charge in [-0.1, -0.05) is 63.4 Å². The van der Waals surface area contributed by atoms with Crippen LogP contribution in [-0.2, 0) is 6.42 Å². The summed E-state index contributed by atoms with van der Waals surface area (Å²) in [5.41, 5.74) is 3.76. The third kappa shape index (κ3) is 3.74. The van der Waals surface area contributed by atoms with Crippen molar-refractivity contribution in [1.82, 2.24) is 0 Å². The first-order valence-corrected chi connectivity index (χ1v) is 7.42. The van der Waals surface area contributed by atoms with Crippen LogP contribution in [0.4, 0.5) is 0 Å². The van der Waals surface area contributed by atoms with Gasteiger partial charge >= 0.3 is 0 Å². The summed E-state index contributed by atoms with van der Waals surface area (Å²) in [5, 5.41) is 0.647. The van der Waals surface area contributed by atoms with E-state index in [0.717, 1.165) is 12.0 Å². The van der Waals surface area contributed by atoms with E-state index in [4.69, 9.17) is 16.3 Å². The highest BCUT2D eigenvalue weighted by atomic mass is 79.9. The number of halogens is 2. The van der Waals surface area contributed by atoms with E-state index in [0.29, 0.717) is 10.8 Å². The topological polar surface area (TPSA) is 9.23 Å². The maximum Gasteiger partial charge on any atom is 0.137 e. The molecule has 1 unspecified atom stereocenters. The first kappa shape index (κ1) is 14.4. The van der Waals surface area contributed by atoms with Gasteiger partial charge in [-0.15, -0.1) is 0 Å². The van der Waals surface area contributed by atoms with Crippen molar-refractivity contribution in [2.24, 2.45) is 0 Å². The predicted octanol–water partition coefficient (Wildman–Crippen LogP) is 5.34. The molecule has 1 nitrogen and oxygen atoms in total. The molecule has 0 heterocycles. The lowest BCUT2D eigenvalue weighted by molar-refractivity contribution is 0.415. The Morgan fingerprint density at radius 1 is 1.21 bits per heavy atom. The average Bonchev–Trinajstić information content (AvgIpc) is 2.38. The van der Waals surface area contributed by atoms with Crippen LogP contribution >= 0.6 is 27.5 Å². The maximum absolute atomic E-state index is 6.16. The quantitative estimate of drug-likeness (QED) is 0.684.